The van der Waals surface area contributed by atoms with Crippen LogP contribution in [-0.2, 0) is 6.42 Å². The van der Waals surface area contributed by atoms with Gasteiger partial charge in [-0.3, -0.25) is 5.41 Å². The van der Waals surface area contributed by atoms with Crippen molar-refractivity contribution in [1.82, 2.24) is 4.90 Å². The van der Waals surface area contributed by atoms with E-state index in [1.165, 1.54) is 22.4 Å². The molecule has 0 saturated carbocycles. The zero-order valence-corrected chi connectivity index (χ0v) is 11.5. The van der Waals surface area contributed by atoms with E-state index in [1.807, 2.05) is 11.9 Å². The Balaban J connectivity index is 1.98. The van der Waals surface area contributed by atoms with Crippen LogP contribution in [0.3, 0.4) is 0 Å². The molecule has 0 radical (unpaired) electrons. The normalized spacial score (nSPS) is 20.2. The zero-order chi connectivity index (χ0) is 13.7. The number of hydrogen-bond acceptors (Lipinski definition) is 1. The molecule has 0 amide bonds. The summed E-state index contributed by atoms with van der Waals surface area (Å²) in [6.07, 6.45) is 0.955. The monoisotopic (exact) mass is 263 g/mol. The first-order valence-corrected chi connectivity index (χ1v) is 7.00. The Morgan fingerprint density at radius 2 is 1.70 bits per heavy atom. The minimum Gasteiger partial charge on any atom is -0.343 e. The smallest absolute Gasteiger partial charge is 0.198 e. The molecule has 3 nitrogen and oxygen atoms in total. The van der Waals surface area contributed by atoms with E-state index in [2.05, 4.69) is 53.4 Å². The Labute approximate surface area is 119 Å². The van der Waals surface area contributed by atoms with E-state index in [0.717, 1.165) is 13.0 Å². The van der Waals surface area contributed by atoms with Gasteiger partial charge in [0.2, 0.25) is 0 Å². The molecule has 2 aromatic rings. The fraction of sp³-hybridized carbons (Fsp3) is 0.235. The molecule has 1 unspecified atom stereocenters. The number of nitrogens with zero attached hydrogens (tertiary/aromatic N) is 2. The molecule has 1 N–H and O–H groups in total. The SMILES string of the molecule is CN1CC2c3ccccc3Cc3ccccc3N2C1=N. The summed E-state index contributed by atoms with van der Waals surface area (Å²) in [7, 11) is 2.00. The Bertz CT molecular complexity index is 692. The number of likely N-dealkylation sites (N-methyl/N-ethyl adjacent to an activating group) is 1. The van der Waals surface area contributed by atoms with E-state index < -0.39 is 0 Å². The second kappa shape index (κ2) is 4.10. The lowest BCUT2D eigenvalue weighted by Gasteiger charge is -2.25. The predicted molar refractivity (Wildman–Crippen MR) is 81.3 cm³/mol. The van der Waals surface area contributed by atoms with Gasteiger partial charge in [-0.1, -0.05) is 42.5 Å². The molecule has 100 valence electrons. The lowest BCUT2D eigenvalue weighted by Crippen LogP contribution is -2.31. The van der Waals surface area contributed by atoms with E-state index in [4.69, 9.17) is 5.41 Å². The standard InChI is InChI=1S/C17H17N3/c1-19-11-16-14-8-4-2-6-12(14)10-13-7-3-5-9-15(13)20(16)17(19)18/h2-9,16,18H,10-11H2,1H3. The molecule has 20 heavy (non-hydrogen) atoms. The van der Waals surface area contributed by atoms with Crippen LogP contribution in [0.15, 0.2) is 48.5 Å². The van der Waals surface area contributed by atoms with Crippen LogP contribution in [-0.4, -0.2) is 24.5 Å². The molecular weight excluding hydrogens is 246 g/mol. The summed E-state index contributed by atoms with van der Waals surface area (Å²) >= 11 is 0. The second-order valence-corrected chi connectivity index (χ2v) is 5.59. The van der Waals surface area contributed by atoms with Crippen molar-refractivity contribution in [2.45, 2.75) is 12.5 Å². The molecule has 3 heteroatoms. The van der Waals surface area contributed by atoms with Gasteiger partial charge in [0.1, 0.15) is 0 Å². The van der Waals surface area contributed by atoms with Gasteiger partial charge in [-0.25, -0.2) is 0 Å². The van der Waals surface area contributed by atoms with Gasteiger partial charge in [-0.15, -0.1) is 0 Å². The molecule has 0 aromatic heterocycles. The predicted octanol–water partition coefficient (Wildman–Crippen LogP) is 3.02. The number of guanidine groups is 1. The van der Waals surface area contributed by atoms with Gasteiger partial charge < -0.3 is 9.80 Å². The molecule has 2 aliphatic rings. The summed E-state index contributed by atoms with van der Waals surface area (Å²) in [5.74, 6) is 0.596. The van der Waals surface area contributed by atoms with Crippen LogP contribution in [0.5, 0.6) is 0 Å². The first kappa shape index (κ1) is 11.5. The van der Waals surface area contributed by atoms with Crippen LogP contribution in [0, 0.1) is 5.41 Å². The molecule has 0 bridgehead atoms. The molecule has 1 saturated heterocycles. The number of rotatable bonds is 0. The lowest BCUT2D eigenvalue weighted by atomic mass is 9.97. The number of nitrogens with one attached hydrogen (secondary N) is 1. The summed E-state index contributed by atoms with van der Waals surface area (Å²) in [6, 6.07) is 17.4. The summed E-state index contributed by atoms with van der Waals surface area (Å²) in [5, 5.41) is 8.40. The van der Waals surface area contributed by atoms with Gasteiger partial charge in [0, 0.05) is 19.3 Å². The Morgan fingerprint density at radius 3 is 2.55 bits per heavy atom. The van der Waals surface area contributed by atoms with Gasteiger partial charge in [0.25, 0.3) is 0 Å². The minimum absolute atomic E-state index is 0.257. The van der Waals surface area contributed by atoms with Crippen molar-refractivity contribution >= 4 is 11.6 Å². The van der Waals surface area contributed by atoms with Gasteiger partial charge in [-0.05, 0) is 29.2 Å². The fourth-order valence-electron chi connectivity index (χ4n) is 3.40. The van der Waals surface area contributed by atoms with Crippen molar-refractivity contribution < 1.29 is 0 Å². The lowest BCUT2D eigenvalue weighted by molar-refractivity contribution is 0.518. The van der Waals surface area contributed by atoms with Crippen molar-refractivity contribution in [3.63, 3.8) is 0 Å². The average molecular weight is 263 g/mol. The summed E-state index contributed by atoms with van der Waals surface area (Å²) in [6.45, 7) is 0.879. The van der Waals surface area contributed by atoms with E-state index in [-0.39, 0.29) is 6.04 Å². The zero-order valence-electron chi connectivity index (χ0n) is 11.5. The molecule has 4 rings (SSSR count). The Hall–Kier alpha value is -2.29. The van der Waals surface area contributed by atoms with Gasteiger partial charge in [0.15, 0.2) is 5.96 Å². The van der Waals surface area contributed by atoms with E-state index in [1.54, 1.807) is 0 Å². The molecule has 2 heterocycles. The summed E-state index contributed by atoms with van der Waals surface area (Å²) in [5.41, 5.74) is 5.24. The van der Waals surface area contributed by atoms with Crippen molar-refractivity contribution in [2.24, 2.45) is 0 Å². The van der Waals surface area contributed by atoms with Crippen molar-refractivity contribution in [3.05, 3.63) is 65.2 Å². The maximum atomic E-state index is 8.40. The topological polar surface area (TPSA) is 30.3 Å². The fourth-order valence-corrected chi connectivity index (χ4v) is 3.40. The number of fused-ring (bicyclic) bond motifs is 5. The quantitative estimate of drug-likeness (QED) is 0.792. The third kappa shape index (κ3) is 1.49. The van der Waals surface area contributed by atoms with Gasteiger partial charge in [0.05, 0.1) is 6.04 Å². The van der Waals surface area contributed by atoms with Crippen LogP contribution in [0.25, 0.3) is 0 Å². The minimum atomic E-state index is 0.257. The Kier molecular flexibility index (Phi) is 2.36. The number of para-hydroxylation sites is 1. The van der Waals surface area contributed by atoms with Crippen molar-refractivity contribution in [1.29, 1.82) is 5.41 Å². The van der Waals surface area contributed by atoms with Crippen LogP contribution in [0.4, 0.5) is 5.69 Å². The molecule has 2 aromatic carbocycles. The molecule has 2 aliphatic heterocycles. The highest BCUT2D eigenvalue weighted by atomic mass is 15.4. The molecule has 1 atom stereocenters. The van der Waals surface area contributed by atoms with E-state index >= 15 is 0 Å². The third-order valence-electron chi connectivity index (χ3n) is 4.39. The molecule has 0 spiro atoms. The van der Waals surface area contributed by atoms with Crippen LogP contribution >= 0.6 is 0 Å². The maximum Gasteiger partial charge on any atom is 0.198 e. The van der Waals surface area contributed by atoms with Crippen LogP contribution in [0.2, 0.25) is 0 Å². The number of anilines is 1. The number of benzene rings is 2. The highest BCUT2D eigenvalue weighted by molar-refractivity contribution is 5.98. The van der Waals surface area contributed by atoms with E-state index in [0.29, 0.717) is 5.96 Å². The molecule has 1 fully saturated rings. The van der Waals surface area contributed by atoms with Crippen molar-refractivity contribution in [2.75, 3.05) is 18.5 Å². The second-order valence-electron chi connectivity index (χ2n) is 5.59. The van der Waals surface area contributed by atoms with E-state index in [9.17, 15) is 0 Å². The summed E-state index contributed by atoms with van der Waals surface area (Å²) in [4.78, 5) is 4.21. The van der Waals surface area contributed by atoms with Crippen LogP contribution < -0.4 is 4.90 Å². The highest BCUT2D eigenvalue weighted by Gasteiger charge is 2.38. The average Bonchev–Trinajstić information content (AvgIpc) is 2.68. The first-order chi connectivity index (χ1) is 9.75. The maximum absolute atomic E-state index is 8.40. The Morgan fingerprint density at radius 1 is 1.00 bits per heavy atom. The largest absolute Gasteiger partial charge is 0.343 e. The van der Waals surface area contributed by atoms with Gasteiger partial charge in [-0.2, -0.15) is 0 Å². The molecule has 0 aliphatic carbocycles. The molecular formula is C17H17N3. The number of hydrogen-bond donors (Lipinski definition) is 1. The van der Waals surface area contributed by atoms with Crippen LogP contribution in [0.1, 0.15) is 22.7 Å². The summed E-state index contributed by atoms with van der Waals surface area (Å²) < 4.78 is 0. The highest BCUT2D eigenvalue weighted by Crippen LogP contribution is 2.40. The van der Waals surface area contributed by atoms with Crippen molar-refractivity contribution in [3.8, 4) is 0 Å². The third-order valence-corrected chi connectivity index (χ3v) is 4.39. The van der Waals surface area contributed by atoms with Gasteiger partial charge >= 0.3 is 0 Å². The first-order valence-electron chi connectivity index (χ1n) is 7.00.